The minimum absolute atomic E-state index is 0.0831. The normalized spacial score (nSPS) is 37.2. The van der Waals surface area contributed by atoms with Crippen molar-refractivity contribution in [3.63, 3.8) is 0 Å². The topological polar surface area (TPSA) is 57.2 Å². The Bertz CT molecular complexity index is 511. The molecule has 1 heterocycles. The van der Waals surface area contributed by atoms with Crippen LogP contribution in [0.25, 0.3) is 0 Å². The highest BCUT2D eigenvalue weighted by molar-refractivity contribution is 5.81. The number of carbonyl (C=O) groups excluding carboxylic acids is 1. The zero-order valence-corrected chi connectivity index (χ0v) is 12.3. The molecule has 1 aromatic rings. The molecule has 0 radical (unpaired) electrons. The number of aromatic nitrogens is 1. The van der Waals surface area contributed by atoms with Gasteiger partial charge in [-0.1, -0.05) is 0 Å². The maximum absolute atomic E-state index is 12.2. The third-order valence-electron chi connectivity index (χ3n) is 5.72. The van der Waals surface area contributed by atoms with Crippen LogP contribution in [-0.4, -0.2) is 17.1 Å². The molecule has 4 saturated carbocycles. The lowest BCUT2D eigenvalue weighted by Gasteiger charge is -2.56. The second kappa shape index (κ2) is 5.00. The Morgan fingerprint density at radius 3 is 2.52 bits per heavy atom. The molecule has 5 rings (SSSR count). The largest absolute Gasteiger partial charge is 0.360 e. The molecule has 4 fully saturated rings. The van der Waals surface area contributed by atoms with Crippen LogP contribution in [0.1, 0.15) is 50.6 Å². The molecule has 1 aromatic heterocycles. The van der Waals surface area contributed by atoms with E-state index in [-0.39, 0.29) is 5.91 Å². The zero-order chi connectivity index (χ0) is 14.3. The van der Waals surface area contributed by atoms with E-state index in [2.05, 4.69) is 15.5 Å². The van der Waals surface area contributed by atoms with Gasteiger partial charge in [-0.15, -0.1) is 0 Å². The van der Waals surface area contributed by atoms with Crippen molar-refractivity contribution in [2.24, 2.45) is 28.3 Å². The molecule has 0 spiro atoms. The maximum Gasteiger partial charge on any atom is 0.240 e. The van der Waals surface area contributed by atoms with Gasteiger partial charge in [0.1, 0.15) is 0 Å². The minimum atomic E-state index is 0.0831. The van der Waals surface area contributed by atoms with E-state index in [1.807, 2.05) is 18.3 Å². The van der Waals surface area contributed by atoms with Gasteiger partial charge in [-0.05, 0) is 73.8 Å². The first-order valence-corrected chi connectivity index (χ1v) is 8.16. The zero-order valence-electron chi connectivity index (χ0n) is 12.3. The first kappa shape index (κ1) is 13.1. The molecular weight excluding hydrogens is 262 g/mol. The summed E-state index contributed by atoms with van der Waals surface area (Å²) in [6.07, 6.45) is 12.3. The first-order valence-electron chi connectivity index (χ1n) is 8.16. The lowest BCUT2D eigenvalue weighted by Crippen LogP contribution is -2.47. The minimum Gasteiger partial charge on any atom is -0.360 e. The number of hydrogen-bond acceptors (Lipinski definition) is 2. The van der Waals surface area contributed by atoms with E-state index >= 15 is 0 Å². The Morgan fingerprint density at radius 2 is 1.95 bits per heavy atom. The van der Waals surface area contributed by atoms with Gasteiger partial charge in [-0.25, -0.2) is 5.43 Å². The fourth-order valence-electron chi connectivity index (χ4n) is 5.48. The first-order chi connectivity index (χ1) is 10.2. The Hall–Kier alpha value is -1.58. The second-order valence-electron chi connectivity index (χ2n) is 7.51. The molecule has 4 aliphatic rings. The maximum atomic E-state index is 12.2. The molecule has 4 nitrogen and oxygen atoms in total. The van der Waals surface area contributed by atoms with Crippen molar-refractivity contribution >= 4 is 12.1 Å². The highest BCUT2D eigenvalue weighted by Crippen LogP contribution is 2.61. The van der Waals surface area contributed by atoms with Crippen LogP contribution in [0.4, 0.5) is 0 Å². The molecule has 0 aliphatic heterocycles. The van der Waals surface area contributed by atoms with Gasteiger partial charge >= 0.3 is 0 Å². The molecule has 1 amide bonds. The summed E-state index contributed by atoms with van der Waals surface area (Å²) in [6.45, 7) is 0. The lowest BCUT2D eigenvalue weighted by atomic mass is 9.49. The van der Waals surface area contributed by atoms with Crippen LogP contribution in [0.3, 0.4) is 0 Å². The number of H-pyrrole nitrogens is 1. The lowest BCUT2D eigenvalue weighted by molar-refractivity contribution is -0.129. The summed E-state index contributed by atoms with van der Waals surface area (Å²) < 4.78 is 0. The van der Waals surface area contributed by atoms with Gasteiger partial charge in [0.2, 0.25) is 5.91 Å². The summed E-state index contributed by atoms with van der Waals surface area (Å²) >= 11 is 0. The number of hydrazone groups is 1. The molecule has 0 aromatic carbocycles. The SMILES string of the molecule is O=C(CC12CC3CC(CC(C3)C1)C2)N/N=C/c1ccc[nH]1. The van der Waals surface area contributed by atoms with Crippen LogP contribution in [0, 0.1) is 23.2 Å². The van der Waals surface area contributed by atoms with Crippen molar-refractivity contribution < 1.29 is 4.79 Å². The van der Waals surface area contributed by atoms with Gasteiger partial charge in [0, 0.05) is 12.6 Å². The fourth-order valence-corrected chi connectivity index (χ4v) is 5.48. The quantitative estimate of drug-likeness (QED) is 0.648. The van der Waals surface area contributed by atoms with E-state index in [4.69, 9.17) is 0 Å². The molecule has 0 unspecified atom stereocenters. The van der Waals surface area contributed by atoms with Gasteiger partial charge in [0.25, 0.3) is 0 Å². The number of hydrogen-bond donors (Lipinski definition) is 2. The summed E-state index contributed by atoms with van der Waals surface area (Å²) in [4.78, 5) is 15.3. The summed E-state index contributed by atoms with van der Waals surface area (Å²) in [7, 11) is 0. The van der Waals surface area contributed by atoms with Crippen LogP contribution in [-0.2, 0) is 4.79 Å². The smallest absolute Gasteiger partial charge is 0.240 e. The molecule has 4 bridgehead atoms. The van der Waals surface area contributed by atoms with E-state index in [0.29, 0.717) is 11.8 Å². The summed E-state index contributed by atoms with van der Waals surface area (Å²) in [5.41, 5.74) is 3.91. The number of carbonyl (C=O) groups is 1. The number of nitrogens with one attached hydrogen (secondary N) is 2. The third kappa shape index (κ3) is 2.63. The Morgan fingerprint density at radius 1 is 1.29 bits per heavy atom. The van der Waals surface area contributed by atoms with Crippen molar-refractivity contribution in [3.05, 3.63) is 24.0 Å². The molecule has 112 valence electrons. The highest BCUT2D eigenvalue weighted by atomic mass is 16.2. The summed E-state index contributed by atoms with van der Waals surface area (Å²) in [5.74, 6) is 2.77. The average Bonchev–Trinajstić information content (AvgIpc) is 2.89. The van der Waals surface area contributed by atoms with Gasteiger partial charge in [-0.2, -0.15) is 5.10 Å². The molecule has 21 heavy (non-hydrogen) atoms. The van der Waals surface area contributed by atoms with Crippen molar-refractivity contribution in [1.82, 2.24) is 10.4 Å². The number of rotatable bonds is 4. The number of aromatic amines is 1. The molecule has 0 saturated heterocycles. The van der Waals surface area contributed by atoms with Crippen LogP contribution in [0.2, 0.25) is 0 Å². The van der Waals surface area contributed by atoms with Crippen molar-refractivity contribution in [2.75, 3.05) is 0 Å². The highest BCUT2D eigenvalue weighted by Gasteiger charge is 2.51. The molecule has 4 aliphatic carbocycles. The van der Waals surface area contributed by atoms with Crippen LogP contribution >= 0.6 is 0 Å². The third-order valence-corrected chi connectivity index (χ3v) is 5.72. The molecule has 4 heteroatoms. The fraction of sp³-hybridized carbons (Fsp3) is 0.647. The van der Waals surface area contributed by atoms with E-state index in [1.165, 1.54) is 38.5 Å². The van der Waals surface area contributed by atoms with E-state index < -0.39 is 0 Å². The number of amides is 1. The average molecular weight is 285 g/mol. The van der Waals surface area contributed by atoms with Gasteiger partial charge in [0.15, 0.2) is 0 Å². The van der Waals surface area contributed by atoms with Gasteiger partial charge < -0.3 is 4.98 Å². The van der Waals surface area contributed by atoms with Crippen molar-refractivity contribution in [2.45, 2.75) is 44.9 Å². The predicted octanol–water partition coefficient (Wildman–Crippen LogP) is 3.07. The summed E-state index contributed by atoms with van der Waals surface area (Å²) in [5, 5.41) is 4.06. The van der Waals surface area contributed by atoms with E-state index in [1.54, 1.807) is 6.21 Å². The van der Waals surface area contributed by atoms with E-state index in [0.717, 1.165) is 23.4 Å². The molecule has 2 N–H and O–H groups in total. The van der Waals surface area contributed by atoms with Crippen LogP contribution in [0.5, 0.6) is 0 Å². The second-order valence-corrected chi connectivity index (χ2v) is 7.51. The van der Waals surface area contributed by atoms with Crippen LogP contribution in [0.15, 0.2) is 23.4 Å². The predicted molar refractivity (Wildman–Crippen MR) is 81.8 cm³/mol. The Labute approximate surface area is 125 Å². The van der Waals surface area contributed by atoms with E-state index in [9.17, 15) is 4.79 Å². The molecule has 0 atom stereocenters. The summed E-state index contributed by atoms with van der Waals surface area (Å²) in [6, 6.07) is 3.84. The van der Waals surface area contributed by atoms with Crippen molar-refractivity contribution in [3.8, 4) is 0 Å². The van der Waals surface area contributed by atoms with Crippen molar-refractivity contribution in [1.29, 1.82) is 0 Å². The standard InChI is InChI=1S/C17H23N3O/c21-16(20-19-11-15-2-1-3-18-15)10-17-7-12-4-13(8-17)6-14(5-12)9-17/h1-3,11-14,18H,4-10H2,(H,20,21)/b19-11+. The Kier molecular flexibility index (Phi) is 3.12. The number of nitrogens with zero attached hydrogens (tertiary/aromatic N) is 1. The van der Waals surface area contributed by atoms with Gasteiger partial charge in [0.05, 0.1) is 11.9 Å². The monoisotopic (exact) mass is 285 g/mol. The van der Waals surface area contributed by atoms with Gasteiger partial charge in [-0.3, -0.25) is 4.79 Å². The van der Waals surface area contributed by atoms with Crippen LogP contribution < -0.4 is 5.43 Å². The molecular formula is C17H23N3O. The Balaban J connectivity index is 1.36.